The van der Waals surface area contributed by atoms with Gasteiger partial charge in [0.1, 0.15) is 11.6 Å². The van der Waals surface area contributed by atoms with Crippen LogP contribution in [0, 0.1) is 17.6 Å². The van der Waals surface area contributed by atoms with Crippen molar-refractivity contribution < 1.29 is 28.2 Å². The average molecular weight is 355 g/mol. The molecule has 1 atom stereocenters. The largest absolute Gasteiger partial charge is 0.481 e. The molecule has 0 bridgehead atoms. The summed E-state index contributed by atoms with van der Waals surface area (Å²) in [6.45, 7) is 2.40. The summed E-state index contributed by atoms with van der Waals surface area (Å²) in [5.41, 5.74) is -1.05. The van der Waals surface area contributed by atoms with Crippen molar-refractivity contribution in [1.82, 2.24) is 5.32 Å². The van der Waals surface area contributed by atoms with Crippen molar-refractivity contribution in [2.75, 3.05) is 19.8 Å². The van der Waals surface area contributed by atoms with Crippen LogP contribution < -0.4 is 5.32 Å². The molecule has 1 fully saturated rings. The molecular weight excluding hydrogens is 332 g/mol. The van der Waals surface area contributed by atoms with E-state index in [9.17, 15) is 23.5 Å². The molecule has 25 heavy (non-hydrogen) atoms. The molecule has 1 aromatic rings. The highest BCUT2D eigenvalue weighted by atomic mass is 19.1. The van der Waals surface area contributed by atoms with Crippen molar-refractivity contribution in [3.8, 4) is 0 Å². The Hall–Kier alpha value is -2.02. The summed E-state index contributed by atoms with van der Waals surface area (Å²) < 4.78 is 32.9. The molecule has 1 aromatic carbocycles. The Morgan fingerprint density at radius 2 is 2.00 bits per heavy atom. The van der Waals surface area contributed by atoms with E-state index in [0.29, 0.717) is 12.8 Å². The maximum atomic E-state index is 14.3. The first-order valence-corrected chi connectivity index (χ1v) is 8.45. The molecule has 0 spiro atoms. The van der Waals surface area contributed by atoms with E-state index in [0.717, 1.165) is 12.1 Å². The summed E-state index contributed by atoms with van der Waals surface area (Å²) in [5.74, 6) is -3.60. The lowest BCUT2D eigenvalue weighted by Gasteiger charge is -2.36. The Balaban J connectivity index is 2.24. The third kappa shape index (κ3) is 4.34. The summed E-state index contributed by atoms with van der Waals surface area (Å²) in [7, 11) is 0. The van der Waals surface area contributed by atoms with E-state index in [-0.39, 0.29) is 38.2 Å². The SMILES string of the molecule is CCCC(CNC(=O)C1(c2ccc(F)cc2F)CCOCC1)C(=O)O. The monoisotopic (exact) mass is 355 g/mol. The van der Waals surface area contributed by atoms with Gasteiger partial charge in [0.2, 0.25) is 5.91 Å². The van der Waals surface area contributed by atoms with Crippen molar-refractivity contribution in [1.29, 1.82) is 0 Å². The molecule has 1 aliphatic heterocycles. The summed E-state index contributed by atoms with van der Waals surface area (Å²) >= 11 is 0. The average Bonchev–Trinajstić information content (AvgIpc) is 2.58. The first-order chi connectivity index (χ1) is 11.9. The maximum Gasteiger partial charge on any atom is 0.308 e. The van der Waals surface area contributed by atoms with Gasteiger partial charge in [0.05, 0.1) is 11.3 Å². The van der Waals surface area contributed by atoms with Crippen molar-refractivity contribution in [3.63, 3.8) is 0 Å². The van der Waals surface area contributed by atoms with Crippen LogP contribution in [0.3, 0.4) is 0 Å². The fraction of sp³-hybridized carbons (Fsp3) is 0.556. The van der Waals surface area contributed by atoms with Gasteiger partial charge in [-0.25, -0.2) is 8.78 Å². The third-order valence-corrected chi connectivity index (χ3v) is 4.72. The first kappa shape index (κ1) is 19.3. The molecule has 138 valence electrons. The zero-order valence-electron chi connectivity index (χ0n) is 14.2. The molecule has 2 N–H and O–H groups in total. The molecule has 1 saturated heterocycles. The van der Waals surface area contributed by atoms with Gasteiger partial charge in [-0.15, -0.1) is 0 Å². The van der Waals surface area contributed by atoms with Crippen LogP contribution in [0.1, 0.15) is 38.2 Å². The molecule has 1 heterocycles. The quantitative estimate of drug-likeness (QED) is 0.788. The fourth-order valence-corrected chi connectivity index (χ4v) is 3.26. The van der Waals surface area contributed by atoms with E-state index >= 15 is 0 Å². The number of hydrogen-bond acceptors (Lipinski definition) is 3. The van der Waals surface area contributed by atoms with Crippen LogP contribution in [0.25, 0.3) is 0 Å². The summed E-state index contributed by atoms with van der Waals surface area (Å²) in [6.07, 6.45) is 1.63. The van der Waals surface area contributed by atoms with E-state index in [4.69, 9.17) is 4.74 Å². The van der Waals surface area contributed by atoms with Crippen LogP contribution >= 0.6 is 0 Å². The molecule has 0 aliphatic carbocycles. The molecule has 0 saturated carbocycles. The molecule has 0 aromatic heterocycles. The Morgan fingerprint density at radius 3 is 2.56 bits per heavy atom. The number of carboxylic acid groups (broad SMARTS) is 1. The highest BCUT2D eigenvalue weighted by Gasteiger charge is 2.43. The minimum Gasteiger partial charge on any atom is -0.481 e. The second-order valence-corrected chi connectivity index (χ2v) is 6.35. The molecule has 1 amide bonds. The zero-order valence-corrected chi connectivity index (χ0v) is 14.2. The van der Waals surface area contributed by atoms with Crippen molar-refractivity contribution in [2.24, 2.45) is 5.92 Å². The number of carboxylic acids is 1. The van der Waals surface area contributed by atoms with Gasteiger partial charge in [0, 0.05) is 31.4 Å². The minimum atomic E-state index is -1.18. The van der Waals surface area contributed by atoms with Gasteiger partial charge in [0.25, 0.3) is 0 Å². The van der Waals surface area contributed by atoms with Crippen LogP contribution in [-0.2, 0) is 19.7 Å². The Labute approximate surface area is 145 Å². The maximum absolute atomic E-state index is 14.3. The van der Waals surface area contributed by atoms with Crippen molar-refractivity contribution in [3.05, 3.63) is 35.4 Å². The van der Waals surface area contributed by atoms with E-state index in [1.807, 2.05) is 6.92 Å². The van der Waals surface area contributed by atoms with Crippen molar-refractivity contribution in [2.45, 2.75) is 38.0 Å². The van der Waals surface area contributed by atoms with Crippen LogP contribution in [0.15, 0.2) is 18.2 Å². The summed E-state index contributed by atoms with van der Waals surface area (Å²) in [5, 5.41) is 11.9. The highest BCUT2D eigenvalue weighted by Crippen LogP contribution is 2.37. The summed E-state index contributed by atoms with van der Waals surface area (Å²) in [4.78, 5) is 24.1. The Bertz CT molecular complexity index is 630. The van der Waals surface area contributed by atoms with Gasteiger partial charge >= 0.3 is 5.97 Å². The molecule has 5 nitrogen and oxygen atoms in total. The Morgan fingerprint density at radius 1 is 1.32 bits per heavy atom. The standard InChI is InChI=1S/C18H23F2NO4/c1-2-3-12(16(22)23)11-21-17(24)18(6-8-25-9-7-18)14-5-4-13(19)10-15(14)20/h4-5,10,12H,2-3,6-9,11H2,1H3,(H,21,24)(H,22,23). The second-order valence-electron chi connectivity index (χ2n) is 6.35. The van der Waals surface area contributed by atoms with Crippen LogP contribution in [-0.4, -0.2) is 36.7 Å². The topological polar surface area (TPSA) is 75.6 Å². The van der Waals surface area contributed by atoms with Crippen LogP contribution in [0.2, 0.25) is 0 Å². The normalized spacial score (nSPS) is 17.7. The Kier molecular flexibility index (Phi) is 6.47. The van der Waals surface area contributed by atoms with E-state index in [1.54, 1.807) is 0 Å². The first-order valence-electron chi connectivity index (χ1n) is 8.45. The van der Waals surface area contributed by atoms with Crippen LogP contribution in [0.4, 0.5) is 8.78 Å². The van der Waals surface area contributed by atoms with E-state index in [1.165, 1.54) is 6.07 Å². The molecule has 1 aliphatic rings. The number of amides is 1. The van der Waals surface area contributed by atoms with Gasteiger partial charge in [-0.3, -0.25) is 9.59 Å². The van der Waals surface area contributed by atoms with Gasteiger partial charge in [-0.05, 0) is 25.3 Å². The van der Waals surface area contributed by atoms with Gasteiger partial charge in [-0.1, -0.05) is 19.4 Å². The number of halogens is 2. The molecule has 0 radical (unpaired) electrons. The predicted octanol–water partition coefficient (Wildman–Crippen LogP) is 2.63. The van der Waals surface area contributed by atoms with Gasteiger partial charge in [-0.2, -0.15) is 0 Å². The number of hydrogen-bond donors (Lipinski definition) is 2. The lowest BCUT2D eigenvalue weighted by Crippen LogP contribution is -2.50. The molecule has 7 heteroatoms. The van der Waals surface area contributed by atoms with Gasteiger partial charge in [0.15, 0.2) is 0 Å². The number of aliphatic carboxylic acids is 1. The van der Waals surface area contributed by atoms with E-state index in [2.05, 4.69) is 5.32 Å². The summed E-state index contributed by atoms with van der Waals surface area (Å²) in [6, 6.07) is 3.17. The van der Waals surface area contributed by atoms with E-state index < -0.39 is 34.8 Å². The number of nitrogens with one attached hydrogen (secondary N) is 1. The zero-order chi connectivity index (χ0) is 18.4. The van der Waals surface area contributed by atoms with Crippen LogP contribution in [0.5, 0.6) is 0 Å². The second kappa shape index (κ2) is 8.38. The smallest absolute Gasteiger partial charge is 0.308 e. The molecule has 1 unspecified atom stereocenters. The number of carbonyl (C=O) groups is 2. The lowest BCUT2D eigenvalue weighted by molar-refractivity contribution is -0.142. The number of rotatable bonds is 7. The molecule has 2 rings (SSSR count). The lowest BCUT2D eigenvalue weighted by atomic mass is 9.73. The predicted molar refractivity (Wildman–Crippen MR) is 87.1 cm³/mol. The molecular formula is C18H23F2NO4. The van der Waals surface area contributed by atoms with Gasteiger partial charge < -0.3 is 15.2 Å². The fourth-order valence-electron chi connectivity index (χ4n) is 3.26. The number of ether oxygens (including phenoxy) is 1. The third-order valence-electron chi connectivity index (χ3n) is 4.72. The minimum absolute atomic E-state index is 0.0204. The number of carbonyl (C=O) groups excluding carboxylic acids is 1. The number of benzene rings is 1. The van der Waals surface area contributed by atoms with Crippen molar-refractivity contribution >= 4 is 11.9 Å². The highest BCUT2D eigenvalue weighted by molar-refractivity contribution is 5.88.